The standard InChI is InChI=1S/C18H16N4/c1-13-7-3-5-9-15(13)21(2)17-11-12-22-16-10-6-4-8-14(16)19-18(22)20-17/h3-12H,1-2H3. The summed E-state index contributed by atoms with van der Waals surface area (Å²) < 4.78 is 2.02. The number of aryl methyl sites for hydroxylation is 1. The summed E-state index contributed by atoms with van der Waals surface area (Å²) in [4.78, 5) is 11.4. The number of rotatable bonds is 2. The van der Waals surface area contributed by atoms with Crippen molar-refractivity contribution in [2.45, 2.75) is 6.92 Å². The Balaban J connectivity index is 1.86. The lowest BCUT2D eigenvalue weighted by Crippen LogP contribution is -2.13. The maximum Gasteiger partial charge on any atom is 0.236 e. The number of hydrogen-bond donors (Lipinski definition) is 0. The molecule has 108 valence electrons. The average molecular weight is 288 g/mol. The zero-order valence-corrected chi connectivity index (χ0v) is 12.6. The van der Waals surface area contributed by atoms with E-state index in [2.05, 4.69) is 35.0 Å². The second-order valence-electron chi connectivity index (χ2n) is 5.40. The summed E-state index contributed by atoms with van der Waals surface area (Å²) in [5, 5.41) is 0. The van der Waals surface area contributed by atoms with Crippen LogP contribution in [0.25, 0.3) is 16.8 Å². The van der Waals surface area contributed by atoms with Gasteiger partial charge in [-0.1, -0.05) is 30.3 Å². The predicted octanol–water partition coefficient (Wildman–Crippen LogP) is 3.96. The molecule has 22 heavy (non-hydrogen) atoms. The van der Waals surface area contributed by atoms with E-state index in [1.54, 1.807) is 0 Å². The molecule has 0 bridgehead atoms. The number of imidazole rings is 1. The second kappa shape index (κ2) is 4.84. The van der Waals surface area contributed by atoms with Crippen molar-refractivity contribution >= 4 is 28.3 Å². The van der Waals surface area contributed by atoms with Gasteiger partial charge in [-0.15, -0.1) is 0 Å². The number of hydrogen-bond acceptors (Lipinski definition) is 3. The minimum Gasteiger partial charge on any atom is -0.329 e. The molecule has 0 N–H and O–H groups in total. The van der Waals surface area contributed by atoms with Gasteiger partial charge in [-0.3, -0.25) is 4.40 Å². The van der Waals surface area contributed by atoms with Crippen molar-refractivity contribution in [1.29, 1.82) is 0 Å². The molecule has 0 aliphatic rings. The van der Waals surface area contributed by atoms with Crippen molar-refractivity contribution < 1.29 is 0 Å². The summed E-state index contributed by atoms with van der Waals surface area (Å²) in [7, 11) is 2.03. The molecule has 0 aliphatic heterocycles. The van der Waals surface area contributed by atoms with E-state index in [9.17, 15) is 0 Å². The fourth-order valence-corrected chi connectivity index (χ4v) is 2.79. The maximum atomic E-state index is 4.71. The summed E-state index contributed by atoms with van der Waals surface area (Å²) in [5.74, 6) is 1.61. The van der Waals surface area contributed by atoms with E-state index in [0.717, 1.165) is 28.3 Å². The lowest BCUT2D eigenvalue weighted by Gasteiger charge is -2.20. The van der Waals surface area contributed by atoms with E-state index in [-0.39, 0.29) is 0 Å². The SMILES string of the molecule is Cc1ccccc1N(C)c1ccn2c(n1)nc1ccccc12. The molecule has 0 aliphatic carbocycles. The molecule has 4 heteroatoms. The van der Waals surface area contributed by atoms with E-state index in [1.807, 2.05) is 54.0 Å². The van der Waals surface area contributed by atoms with Crippen LogP contribution in [0.3, 0.4) is 0 Å². The van der Waals surface area contributed by atoms with E-state index >= 15 is 0 Å². The Labute approximate surface area is 128 Å². The topological polar surface area (TPSA) is 33.4 Å². The highest BCUT2D eigenvalue weighted by atomic mass is 15.2. The molecule has 0 atom stereocenters. The van der Waals surface area contributed by atoms with Crippen LogP contribution < -0.4 is 4.90 Å². The zero-order valence-electron chi connectivity index (χ0n) is 12.6. The Bertz CT molecular complexity index is 971. The number of para-hydroxylation sites is 3. The average Bonchev–Trinajstić information content (AvgIpc) is 2.92. The highest BCUT2D eigenvalue weighted by molar-refractivity contribution is 5.79. The molecular weight excluding hydrogens is 272 g/mol. The summed E-state index contributed by atoms with van der Waals surface area (Å²) in [6.07, 6.45) is 2.03. The normalized spacial score (nSPS) is 11.2. The van der Waals surface area contributed by atoms with Gasteiger partial charge in [-0.05, 0) is 36.8 Å². The quantitative estimate of drug-likeness (QED) is 0.560. The van der Waals surface area contributed by atoms with Crippen LogP contribution in [0, 0.1) is 6.92 Å². The molecule has 0 radical (unpaired) electrons. The number of fused-ring (bicyclic) bond motifs is 3. The van der Waals surface area contributed by atoms with Gasteiger partial charge in [0, 0.05) is 18.9 Å². The smallest absolute Gasteiger partial charge is 0.236 e. The third-order valence-electron chi connectivity index (χ3n) is 3.98. The van der Waals surface area contributed by atoms with E-state index < -0.39 is 0 Å². The number of aromatic nitrogens is 3. The van der Waals surface area contributed by atoms with Gasteiger partial charge in [0.2, 0.25) is 5.78 Å². The Morgan fingerprint density at radius 1 is 0.909 bits per heavy atom. The number of benzene rings is 2. The lowest BCUT2D eigenvalue weighted by atomic mass is 10.2. The van der Waals surface area contributed by atoms with E-state index in [0.29, 0.717) is 0 Å². The molecular formula is C18H16N4. The van der Waals surface area contributed by atoms with Gasteiger partial charge in [0.05, 0.1) is 11.0 Å². The molecule has 0 amide bonds. The summed E-state index contributed by atoms with van der Waals surface area (Å²) in [6.45, 7) is 2.11. The monoisotopic (exact) mass is 288 g/mol. The van der Waals surface area contributed by atoms with Crippen molar-refractivity contribution in [3.05, 3.63) is 66.4 Å². The number of anilines is 2. The first-order valence-corrected chi connectivity index (χ1v) is 7.27. The summed E-state index contributed by atoms with van der Waals surface area (Å²) in [5.41, 5.74) is 4.41. The minimum atomic E-state index is 0.721. The fraction of sp³-hybridized carbons (Fsp3) is 0.111. The summed E-state index contributed by atoms with van der Waals surface area (Å²) in [6, 6.07) is 18.4. The Morgan fingerprint density at radius 3 is 2.55 bits per heavy atom. The third-order valence-corrected chi connectivity index (χ3v) is 3.98. The fourth-order valence-electron chi connectivity index (χ4n) is 2.79. The lowest BCUT2D eigenvalue weighted by molar-refractivity contribution is 1.07. The van der Waals surface area contributed by atoms with Gasteiger partial charge in [0.15, 0.2) is 0 Å². The van der Waals surface area contributed by atoms with Crippen LogP contribution >= 0.6 is 0 Å². The Kier molecular flexibility index (Phi) is 2.82. The molecule has 0 fully saturated rings. The molecule has 2 aromatic carbocycles. The molecule has 4 nitrogen and oxygen atoms in total. The van der Waals surface area contributed by atoms with Gasteiger partial charge in [-0.2, -0.15) is 4.98 Å². The zero-order chi connectivity index (χ0) is 15.1. The molecule has 2 heterocycles. The van der Waals surface area contributed by atoms with Crippen LogP contribution in [0.5, 0.6) is 0 Å². The predicted molar refractivity (Wildman–Crippen MR) is 89.7 cm³/mol. The molecule has 0 saturated carbocycles. The Hall–Kier alpha value is -2.88. The van der Waals surface area contributed by atoms with Crippen molar-refractivity contribution in [1.82, 2.24) is 14.4 Å². The third kappa shape index (κ3) is 1.92. The van der Waals surface area contributed by atoms with Crippen LogP contribution in [0.15, 0.2) is 60.8 Å². The molecule has 0 unspecified atom stereocenters. The van der Waals surface area contributed by atoms with Crippen LogP contribution in [-0.4, -0.2) is 21.4 Å². The second-order valence-corrected chi connectivity index (χ2v) is 5.40. The first kappa shape index (κ1) is 12.8. The van der Waals surface area contributed by atoms with Crippen LogP contribution in [0.2, 0.25) is 0 Å². The van der Waals surface area contributed by atoms with Crippen molar-refractivity contribution in [3.8, 4) is 0 Å². The molecule has 4 aromatic rings. The first-order chi connectivity index (χ1) is 10.7. The van der Waals surface area contributed by atoms with Gasteiger partial charge < -0.3 is 4.90 Å². The first-order valence-electron chi connectivity index (χ1n) is 7.27. The van der Waals surface area contributed by atoms with E-state index in [1.165, 1.54) is 5.56 Å². The van der Waals surface area contributed by atoms with Gasteiger partial charge in [-0.25, -0.2) is 4.98 Å². The van der Waals surface area contributed by atoms with Crippen molar-refractivity contribution in [2.75, 3.05) is 11.9 Å². The molecule has 0 saturated heterocycles. The maximum absolute atomic E-state index is 4.71. The van der Waals surface area contributed by atoms with Crippen molar-refractivity contribution in [3.63, 3.8) is 0 Å². The van der Waals surface area contributed by atoms with Crippen LogP contribution in [0.1, 0.15) is 5.56 Å². The van der Waals surface area contributed by atoms with Gasteiger partial charge in [0.25, 0.3) is 0 Å². The largest absolute Gasteiger partial charge is 0.329 e. The molecule has 4 rings (SSSR count). The molecule has 0 spiro atoms. The van der Waals surface area contributed by atoms with Crippen LogP contribution in [0.4, 0.5) is 11.5 Å². The summed E-state index contributed by atoms with van der Waals surface area (Å²) >= 11 is 0. The van der Waals surface area contributed by atoms with Gasteiger partial charge >= 0.3 is 0 Å². The van der Waals surface area contributed by atoms with E-state index in [4.69, 9.17) is 4.98 Å². The minimum absolute atomic E-state index is 0.721. The highest BCUT2D eigenvalue weighted by Gasteiger charge is 2.10. The van der Waals surface area contributed by atoms with Crippen LogP contribution in [-0.2, 0) is 0 Å². The molecule has 2 aromatic heterocycles. The Morgan fingerprint density at radius 2 is 1.68 bits per heavy atom. The number of nitrogens with zero attached hydrogens (tertiary/aromatic N) is 4. The van der Waals surface area contributed by atoms with Crippen molar-refractivity contribution in [2.24, 2.45) is 0 Å². The highest BCUT2D eigenvalue weighted by Crippen LogP contribution is 2.26. The van der Waals surface area contributed by atoms with Gasteiger partial charge in [0.1, 0.15) is 5.82 Å².